The van der Waals surface area contributed by atoms with Crippen LogP contribution in [0.5, 0.6) is 5.75 Å². The molecule has 1 unspecified atom stereocenters. The lowest BCUT2D eigenvalue weighted by atomic mass is 10.1. The lowest BCUT2D eigenvalue weighted by Crippen LogP contribution is -2.27. The summed E-state index contributed by atoms with van der Waals surface area (Å²) in [5.74, 6) is 0.241. The monoisotopic (exact) mass is 290 g/mol. The minimum absolute atomic E-state index is 0.477. The lowest BCUT2D eigenvalue weighted by molar-refractivity contribution is -0.118. The van der Waals surface area contributed by atoms with Crippen LogP contribution in [0.25, 0.3) is 0 Å². The SMILES string of the molecule is COc1ccc(C(Nc2ccccc2Cl)C(N)=O)cc1. The summed E-state index contributed by atoms with van der Waals surface area (Å²) in [4.78, 5) is 11.7. The second kappa shape index (κ2) is 6.30. The number of amides is 1. The van der Waals surface area contributed by atoms with Gasteiger partial charge in [-0.3, -0.25) is 4.79 Å². The van der Waals surface area contributed by atoms with E-state index < -0.39 is 11.9 Å². The van der Waals surface area contributed by atoms with Gasteiger partial charge in [-0.05, 0) is 29.8 Å². The minimum atomic E-state index is -0.652. The third kappa shape index (κ3) is 3.22. The highest BCUT2D eigenvalue weighted by Crippen LogP contribution is 2.26. The molecule has 0 aliphatic rings. The summed E-state index contributed by atoms with van der Waals surface area (Å²) in [6.45, 7) is 0. The number of benzene rings is 2. The van der Waals surface area contributed by atoms with E-state index in [1.807, 2.05) is 12.1 Å². The molecule has 20 heavy (non-hydrogen) atoms. The number of hydrogen-bond donors (Lipinski definition) is 2. The molecule has 0 aliphatic carbocycles. The number of hydrogen-bond acceptors (Lipinski definition) is 3. The Morgan fingerprint density at radius 3 is 2.40 bits per heavy atom. The number of methoxy groups -OCH3 is 1. The van der Waals surface area contributed by atoms with Crippen LogP contribution >= 0.6 is 11.6 Å². The maximum Gasteiger partial charge on any atom is 0.244 e. The summed E-state index contributed by atoms with van der Waals surface area (Å²) in [6.07, 6.45) is 0. The van der Waals surface area contributed by atoms with E-state index in [1.165, 1.54) is 0 Å². The molecule has 2 aromatic carbocycles. The van der Waals surface area contributed by atoms with Crippen molar-refractivity contribution in [3.63, 3.8) is 0 Å². The molecular formula is C15H15ClN2O2. The average Bonchev–Trinajstić information content (AvgIpc) is 2.46. The van der Waals surface area contributed by atoms with Gasteiger partial charge in [0.1, 0.15) is 11.8 Å². The number of carbonyl (C=O) groups is 1. The topological polar surface area (TPSA) is 64.3 Å². The van der Waals surface area contributed by atoms with Gasteiger partial charge < -0.3 is 15.8 Å². The number of rotatable bonds is 5. The van der Waals surface area contributed by atoms with Crippen LogP contribution in [0.2, 0.25) is 5.02 Å². The molecule has 0 saturated carbocycles. The van der Waals surface area contributed by atoms with Gasteiger partial charge in [-0.2, -0.15) is 0 Å². The van der Waals surface area contributed by atoms with E-state index in [4.69, 9.17) is 22.1 Å². The van der Waals surface area contributed by atoms with Gasteiger partial charge in [0.15, 0.2) is 0 Å². The van der Waals surface area contributed by atoms with Crippen LogP contribution in [0.4, 0.5) is 5.69 Å². The smallest absolute Gasteiger partial charge is 0.244 e. The summed E-state index contributed by atoms with van der Waals surface area (Å²) in [6, 6.07) is 13.7. The van der Waals surface area contributed by atoms with E-state index in [0.29, 0.717) is 10.7 Å². The third-order valence-electron chi connectivity index (χ3n) is 2.91. The molecule has 2 rings (SSSR count). The maximum atomic E-state index is 11.7. The van der Waals surface area contributed by atoms with Gasteiger partial charge in [0.05, 0.1) is 17.8 Å². The molecule has 5 heteroatoms. The zero-order chi connectivity index (χ0) is 14.5. The quantitative estimate of drug-likeness (QED) is 0.890. The largest absolute Gasteiger partial charge is 0.497 e. The Bertz CT molecular complexity index is 599. The summed E-state index contributed by atoms with van der Waals surface area (Å²) < 4.78 is 5.09. The van der Waals surface area contributed by atoms with E-state index in [2.05, 4.69) is 5.32 Å². The second-order valence-corrected chi connectivity index (χ2v) is 4.64. The van der Waals surface area contributed by atoms with Gasteiger partial charge in [0.25, 0.3) is 0 Å². The Kier molecular flexibility index (Phi) is 4.48. The first-order valence-electron chi connectivity index (χ1n) is 6.06. The zero-order valence-electron chi connectivity index (χ0n) is 11.0. The van der Waals surface area contributed by atoms with Crippen LogP contribution in [-0.2, 0) is 4.79 Å². The number of anilines is 1. The van der Waals surface area contributed by atoms with Gasteiger partial charge >= 0.3 is 0 Å². The fourth-order valence-corrected chi connectivity index (χ4v) is 2.04. The Morgan fingerprint density at radius 1 is 1.20 bits per heavy atom. The summed E-state index contributed by atoms with van der Waals surface area (Å²) in [7, 11) is 1.59. The van der Waals surface area contributed by atoms with Gasteiger partial charge in [-0.15, -0.1) is 0 Å². The van der Waals surface area contributed by atoms with Gasteiger partial charge in [0.2, 0.25) is 5.91 Å². The average molecular weight is 291 g/mol. The summed E-state index contributed by atoms with van der Waals surface area (Å²) in [5.41, 5.74) is 6.87. The lowest BCUT2D eigenvalue weighted by Gasteiger charge is -2.18. The highest BCUT2D eigenvalue weighted by atomic mass is 35.5. The van der Waals surface area contributed by atoms with E-state index in [1.54, 1.807) is 43.5 Å². The van der Waals surface area contributed by atoms with Crippen molar-refractivity contribution in [2.75, 3.05) is 12.4 Å². The number of carbonyl (C=O) groups excluding carboxylic acids is 1. The van der Waals surface area contributed by atoms with Crippen LogP contribution < -0.4 is 15.8 Å². The molecule has 0 radical (unpaired) electrons. The van der Waals surface area contributed by atoms with Crippen LogP contribution in [0, 0.1) is 0 Å². The molecule has 2 aromatic rings. The van der Waals surface area contributed by atoms with Crippen molar-refractivity contribution >= 4 is 23.2 Å². The van der Waals surface area contributed by atoms with Crippen LogP contribution in [0.15, 0.2) is 48.5 Å². The highest BCUT2D eigenvalue weighted by Gasteiger charge is 2.18. The fourth-order valence-electron chi connectivity index (χ4n) is 1.85. The van der Waals surface area contributed by atoms with Crippen molar-refractivity contribution in [3.05, 3.63) is 59.1 Å². The molecule has 0 fully saturated rings. The molecule has 0 aliphatic heterocycles. The fraction of sp³-hybridized carbons (Fsp3) is 0.133. The Morgan fingerprint density at radius 2 is 1.85 bits per heavy atom. The number of para-hydroxylation sites is 1. The van der Waals surface area contributed by atoms with Crippen molar-refractivity contribution in [1.29, 1.82) is 0 Å². The standard InChI is InChI=1S/C15H15ClN2O2/c1-20-11-8-6-10(7-9-11)14(15(17)19)18-13-5-3-2-4-12(13)16/h2-9,14,18H,1H3,(H2,17,19). The van der Waals surface area contributed by atoms with E-state index in [0.717, 1.165) is 11.3 Å². The molecule has 104 valence electrons. The number of nitrogens with one attached hydrogen (secondary N) is 1. The van der Waals surface area contributed by atoms with Crippen molar-refractivity contribution in [3.8, 4) is 5.75 Å². The number of ether oxygens (including phenoxy) is 1. The molecule has 0 aromatic heterocycles. The van der Waals surface area contributed by atoms with Crippen molar-refractivity contribution in [2.24, 2.45) is 5.73 Å². The molecule has 4 nitrogen and oxygen atoms in total. The predicted octanol–water partition coefficient (Wildman–Crippen LogP) is 2.99. The molecule has 3 N–H and O–H groups in total. The Labute approximate surface area is 122 Å². The summed E-state index contributed by atoms with van der Waals surface area (Å²) in [5, 5.41) is 3.59. The normalized spacial score (nSPS) is 11.7. The third-order valence-corrected chi connectivity index (χ3v) is 3.24. The molecule has 0 bridgehead atoms. The van der Waals surface area contributed by atoms with Gasteiger partial charge in [-0.1, -0.05) is 35.9 Å². The first-order chi connectivity index (χ1) is 9.61. The van der Waals surface area contributed by atoms with Gasteiger partial charge in [0, 0.05) is 0 Å². The van der Waals surface area contributed by atoms with Crippen LogP contribution in [-0.4, -0.2) is 13.0 Å². The summed E-state index contributed by atoms with van der Waals surface area (Å²) >= 11 is 6.07. The van der Waals surface area contributed by atoms with Crippen molar-refractivity contribution in [2.45, 2.75) is 6.04 Å². The first kappa shape index (κ1) is 14.2. The second-order valence-electron chi connectivity index (χ2n) is 4.23. The van der Waals surface area contributed by atoms with E-state index >= 15 is 0 Å². The van der Waals surface area contributed by atoms with Crippen LogP contribution in [0.1, 0.15) is 11.6 Å². The molecular weight excluding hydrogens is 276 g/mol. The first-order valence-corrected chi connectivity index (χ1v) is 6.44. The number of primary amides is 1. The van der Waals surface area contributed by atoms with Crippen LogP contribution in [0.3, 0.4) is 0 Å². The zero-order valence-corrected chi connectivity index (χ0v) is 11.7. The molecule has 0 saturated heterocycles. The van der Waals surface area contributed by atoms with Crippen molar-refractivity contribution < 1.29 is 9.53 Å². The number of halogens is 1. The molecule has 0 spiro atoms. The molecule has 1 amide bonds. The van der Waals surface area contributed by atoms with E-state index in [9.17, 15) is 4.79 Å². The molecule has 1 atom stereocenters. The van der Waals surface area contributed by atoms with E-state index in [-0.39, 0.29) is 0 Å². The Balaban J connectivity index is 2.27. The maximum absolute atomic E-state index is 11.7. The number of nitrogens with two attached hydrogens (primary N) is 1. The predicted molar refractivity (Wildman–Crippen MR) is 80.0 cm³/mol. The Hall–Kier alpha value is -2.20. The molecule has 0 heterocycles. The van der Waals surface area contributed by atoms with Crippen molar-refractivity contribution in [1.82, 2.24) is 0 Å². The minimum Gasteiger partial charge on any atom is -0.497 e. The van der Waals surface area contributed by atoms with Gasteiger partial charge in [-0.25, -0.2) is 0 Å². The highest BCUT2D eigenvalue weighted by molar-refractivity contribution is 6.33.